The quantitative estimate of drug-likeness (QED) is 0.188. The summed E-state index contributed by atoms with van der Waals surface area (Å²) < 4.78 is 5.12. The predicted molar refractivity (Wildman–Crippen MR) is 138 cm³/mol. The molecule has 0 aliphatic carbocycles. The van der Waals surface area contributed by atoms with Crippen molar-refractivity contribution in [2.45, 2.75) is 45.7 Å². The molecule has 0 bridgehead atoms. The fourth-order valence-corrected chi connectivity index (χ4v) is 3.69. The van der Waals surface area contributed by atoms with Crippen LogP contribution in [0.4, 0.5) is 0 Å². The van der Waals surface area contributed by atoms with Crippen LogP contribution in [-0.2, 0) is 17.8 Å². The minimum atomic E-state index is 0. The van der Waals surface area contributed by atoms with Crippen molar-refractivity contribution in [2.24, 2.45) is 4.99 Å². The van der Waals surface area contributed by atoms with E-state index in [0.29, 0.717) is 6.54 Å². The molecule has 1 saturated heterocycles. The maximum Gasteiger partial charge on any atom is 0.191 e. The zero-order valence-electron chi connectivity index (χ0n) is 19.2. The first kappa shape index (κ1) is 27.1. The van der Waals surface area contributed by atoms with Crippen LogP contribution in [0.1, 0.15) is 43.7 Å². The Morgan fingerprint density at radius 1 is 1.10 bits per heavy atom. The molecule has 1 aromatic carbocycles. The Morgan fingerprint density at radius 3 is 2.53 bits per heavy atom. The van der Waals surface area contributed by atoms with E-state index in [2.05, 4.69) is 58.7 Å². The molecule has 1 fully saturated rings. The van der Waals surface area contributed by atoms with Crippen LogP contribution in [0.2, 0.25) is 0 Å². The Kier molecular flexibility index (Phi) is 15.2. The average molecular weight is 532 g/mol. The molecular weight excluding hydrogens is 489 g/mol. The number of hydrogen-bond acceptors (Lipinski definition) is 4. The maximum absolute atomic E-state index is 5.12. The number of likely N-dealkylation sites (tertiary alicyclic amines) is 1. The number of likely N-dealkylation sites (N-methyl/N-ethyl adjacent to an activating group) is 1. The van der Waals surface area contributed by atoms with E-state index in [1.807, 2.05) is 0 Å². The number of hydrogen-bond donors (Lipinski definition) is 2. The van der Waals surface area contributed by atoms with Gasteiger partial charge in [0.1, 0.15) is 0 Å². The molecule has 0 saturated carbocycles. The van der Waals surface area contributed by atoms with Crippen LogP contribution in [0.3, 0.4) is 0 Å². The second kappa shape index (κ2) is 16.8. The van der Waals surface area contributed by atoms with Crippen LogP contribution >= 0.6 is 24.0 Å². The Balaban J connectivity index is 0.00000450. The highest BCUT2D eigenvalue weighted by molar-refractivity contribution is 14.0. The molecular formula is C23H42IN5O. The SMILES string of the molecule is CCNC(=NCc1ccccc1CN1CCCCC1)NCCN(C)CCCOC.I. The summed E-state index contributed by atoms with van der Waals surface area (Å²) in [5.41, 5.74) is 2.74. The Bertz CT molecular complexity index is 593. The summed E-state index contributed by atoms with van der Waals surface area (Å²) in [4.78, 5) is 9.75. The summed E-state index contributed by atoms with van der Waals surface area (Å²) in [5.74, 6) is 0.894. The highest BCUT2D eigenvalue weighted by Gasteiger charge is 2.12. The average Bonchev–Trinajstić information content (AvgIpc) is 2.74. The van der Waals surface area contributed by atoms with Gasteiger partial charge in [0.15, 0.2) is 5.96 Å². The molecule has 6 nitrogen and oxygen atoms in total. The highest BCUT2D eigenvalue weighted by atomic mass is 127. The van der Waals surface area contributed by atoms with Gasteiger partial charge in [-0.25, -0.2) is 4.99 Å². The summed E-state index contributed by atoms with van der Waals surface area (Å²) in [6, 6.07) is 8.75. The van der Waals surface area contributed by atoms with Crippen molar-refractivity contribution in [2.75, 3.05) is 60.0 Å². The summed E-state index contributed by atoms with van der Waals surface area (Å²) in [6.07, 6.45) is 5.10. The number of nitrogens with one attached hydrogen (secondary N) is 2. The molecule has 0 atom stereocenters. The third-order valence-corrected chi connectivity index (χ3v) is 5.39. The molecule has 172 valence electrons. The zero-order valence-corrected chi connectivity index (χ0v) is 21.5. The van der Waals surface area contributed by atoms with E-state index >= 15 is 0 Å². The molecule has 1 aliphatic heterocycles. The van der Waals surface area contributed by atoms with Crippen LogP contribution in [0.25, 0.3) is 0 Å². The van der Waals surface area contributed by atoms with Crippen molar-refractivity contribution in [3.8, 4) is 0 Å². The molecule has 0 spiro atoms. The molecule has 1 heterocycles. The Hall–Kier alpha value is -0.900. The minimum Gasteiger partial charge on any atom is -0.385 e. The van der Waals surface area contributed by atoms with E-state index in [0.717, 1.165) is 51.7 Å². The predicted octanol–water partition coefficient (Wildman–Crippen LogP) is 3.31. The number of rotatable bonds is 12. The van der Waals surface area contributed by atoms with Gasteiger partial charge < -0.3 is 20.3 Å². The molecule has 7 heteroatoms. The van der Waals surface area contributed by atoms with Crippen molar-refractivity contribution in [3.63, 3.8) is 0 Å². The van der Waals surface area contributed by atoms with Gasteiger partial charge >= 0.3 is 0 Å². The number of ether oxygens (including phenoxy) is 1. The van der Waals surface area contributed by atoms with Gasteiger partial charge in [0, 0.05) is 46.4 Å². The highest BCUT2D eigenvalue weighted by Crippen LogP contribution is 2.16. The summed E-state index contributed by atoms with van der Waals surface area (Å²) >= 11 is 0. The standard InChI is InChI=1S/C23H41N5O.HI/c1-4-24-23(25-13-17-27(2)14-10-18-29-3)26-19-21-11-6-7-12-22(21)20-28-15-8-5-9-16-28;/h6-7,11-12H,4-5,8-10,13-20H2,1-3H3,(H2,24,25,26);1H. The second-order valence-electron chi connectivity index (χ2n) is 7.88. The second-order valence-corrected chi connectivity index (χ2v) is 7.88. The van der Waals surface area contributed by atoms with Crippen LogP contribution < -0.4 is 10.6 Å². The van der Waals surface area contributed by atoms with Gasteiger partial charge in [-0.2, -0.15) is 0 Å². The van der Waals surface area contributed by atoms with Gasteiger partial charge in [-0.3, -0.25) is 4.90 Å². The maximum atomic E-state index is 5.12. The van der Waals surface area contributed by atoms with Crippen LogP contribution in [-0.4, -0.2) is 75.8 Å². The lowest BCUT2D eigenvalue weighted by Gasteiger charge is -2.27. The van der Waals surface area contributed by atoms with Gasteiger partial charge in [-0.1, -0.05) is 30.7 Å². The van der Waals surface area contributed by atoms with Crippen molar-refractivity contribution in [1.29, 1.82) is 0 Å². The van der Waals surface area contributed by atoms with Gasteiger partial charge in [0.2, 0.25) is 0 Å². The molecule has 1 aromatic rings. The minimum absolute atomic E-state index is 0. The van der Waals surface area contributed by atoms with Gasteiger partial charge in [-0.15, -0.1) is 24.0 Å². The van der Waals surface area contributed by atoms with E-state index in [1.165, 1.54) is 43.5 Å². The van der Waals surface area contributed by atoms with Crippen LogP contribution in [0.15, 0.2) is 29.3 Å². The smallest absolute Gasteiger partial charge is 0.191 e. The van der Waals surface area contributed by atoms with Crippen molar-refractivity contribution in [3.05, 3.63) is 35.4 Å². The fraction of sp³-hybridized carbons (Fsp3) is 0.696. The van der Waals surface area contributed by atoms with E-state index in [4.69, 9.17) is 9.73 Å². The Morgan fingerprint density at radius 2 is 1.83 bits per heavy atom. The monoisotopic (exact) mass is 531 g/mol. The van der Waals surface area contributed by atoms with E-state index < -0.39 is 0 Å². The summed E-state index contributed by atoms with van der Waals surface area (Å²) in [6.45, 7) is 10.9. The largest absolute Gasteiger partial charge is 0.385 e. The molecule has 2 rings (SSSR count). The fourth-order valence-electron chi connectivity index (χ4n) is 3.69. The molecule has 0 aromatic heterocycles. The third-order valence-electron chi connectivity index (χ3n) is 5.39. The van der Waals surface area contributed by atoms with E-state index in [9.17, 15) is 0 Å². The molecule has 2 N–H and O–H groups in total. The first-order valence-corrected chi connectivity index (χ1v) is 11.2. The number of aliphatic imine (C=N–C) groups is 1. The van der Waals surface area contributed by atoms with Gasteiger partial charge in [-0.05, 0) is 57.5 Å². The molecule has 1 aliphatic rings. The van der Waals surface area contributed by atoms with Crippen molar-refractivity contribution >= 4 is 29.9 Å². The zero-order chi connectivity index (χ0) is 20.7. The van der Waals surface area contributed by atoms with Crippen molar-refractivity contribution in [1.82, 2.24) is 20.4 Å². The topological polar surface area (TPSA) is 52.1 Å². The molecule has 0 unspecified atom stereocenters. The first-order chi connectivity index (χ1) is 14.2. The number of piperidine rings is 1. The van der Waals surface area contributed by atoms with Gasteiger partial charge in [0.05, 0.1) is 6.54 Å². The number of benzene rings is 1. The third kappa shape index (κ3) is 10.9. The van der Waals surface area contributed by atoms with Crippen LogP contribution in [0, 0.1) is 0 Å². The summed E-state index contributed by atoms with van der Waals surface area (Å²) in [7, 11) is 3.91. The van der Waals surface area contributed by atoms with E-state index in [-0.39, 0.29) is 24.0 Å². The molecule has 30 heavy (non-hydrogen) atoms. The molecule has 0 amide bonds. The van der Waals surface area contributed by atoms with Crippen LogP contribution in [0.5, 0.6) is 0 Å². The van der Waals surface area contributed by atoms with Gasteiger partial charge in [0.25, 0.3) is 0 Å². The Labute approximate surface area is 200 Å². The molecule has 0 radical (unpaired) electrons. The normalized spacial score (nSPS) is 15.1. The first-order valence-electron chi connectivity index (χ1n) is 11.2. The van der Waals surface area contributed by atoms with Crippen molar-refractivity contribution < 1.29 is 4.74 Å². The number of halogens is 1. The lowest BCUT2D eigenvalue weighted by Crippen LogP contribution is -2.41. The lowest BCUT2D eigenvalue weighted by atomic mass is 10.1. The lowest BCUT2D eigenvalue weighted by molar-refractivity contribution is 0.180. The number of nitrogens with zero attached hydrogens (tertiary/aromatic N) is 3. The number of methoxy groups -OCH3 is 1. The number of guanidine groups is 1. The van der Waals surface area contributed by atoms with E-state index in [1.54, 1.807) is 7.11 Å². The summed E-state index contributed by atoms with van der Waals surface area (Å²) in [5, 5.41) is 6.84.